The molecule has 1 aromatic heterocycles. The highest BCUT2D eigenvalue weighted by molar-refractivity contribution is 7.14. The van der Waals surface area contributed by atoms with Crippen molar-refractivity contribution in [2.24, 2.45) is 5.10 Å². The van der Waals surface area contributed by atoms with Crippen LogP contribution in [0.5, 0.6) is 0 Å². The van der Waals surface area contributed by atoms with Crippen LogP contribution in [0.4, 0.5) is 0 Å². The van der Waals surface area contributed by atoms with E-state index in [4.69, 9.17) is 0 Å². The van der Waals surface area contributed by atoms with Crippen LogP contribution in [0.2, 0.25) is 0 Å². The van der Waals surface area contributed by atoms with Crippen molar-refractivity contribution in [3.8, 4) is 0 Å². The number of hydrogen-bond acceptors (Lipinski definition) is 4. The molecule has 5 rings (SSSR count). The molecule has 2 aliphatic rings. The molecule has 26 heavy (non-hydrogen) atoms. The van der Waals surface area contributed by atoms with Gasteiger partial charge in [-0.25, -0.2) is 5.43 Å². The fourth-order valence-electron chi connectivity index (χ4n) is 3.85. The zero-order valence-corrected chi connectivity index (χ0v) is 14.9. The number of Topliss-reactive ketones (excluding diaryl/α,β-unsaturated/α-hetero) is 1. The van der Waals surface area contributed by atoms with E-state index in [1.54, 1.807) is 11.3 Å². The highest BCUT2D eigenvalue weighted by Gasteiger charge is 2.29. The maximum absolute atomic E-state index is 12.7. The highest BCUT2D eigenvalue weighted by atomic mass is 32.1. The lowest BCUT2D eigenvalue weighted by atomic mass is 9.99. The first-order chi connectivity index (χ1) is 12.7. The van der Waals surface area contributed by atoms with Gasteiger partial charge in [0.25, 0.3) is 5.91 Å². The molecule has 0 bridgehead atoms. The van der Waals surface area contributed by atoms with Crippen LogP contribution < -0.4 is 5.43 Å². The molecule has 1 heterocycles. The SMILES string of the molecule is O=C(NN=C1C(=O)c2cccc3cccc1c23)c1cc2c(s1)CCCC2. The zero-order valence-electron chi connectivity index (χ0n) is 14.0. The summed E-state index contributed by atoms with van der Waals surface area (Å²) in [6.07, 6.45) is 4.47. The van der Waals surface area contributed by atoms with E-state index >= 15 is 0 Å². The molecule has 0 fully saturated rings. The fraction of sp³-hybridized carbons (Fsp3) is 0.190. The highest BCUT2D eigenvalue weighted by Crippen LogP contribution is 2.31. The number of carbonyl (C=O) groups is 2. The van der Waals surface area contributed by atoms with Gasteiger partial charge in [-0.2, -0.15) is 5.10 Å². The third-order valence-corrected chi connectivity index (χ3v) is 6.35. The molecule has 0 unspecified atom stereocenters. The van der Waals surface area contributed by atoms with Gasteiger partial charge in [0, 0.05) is 21.4 Å². The number of hydrazone groups is 1. The lowest BCUT2D eigenvalue weighted by Crippen LogP contribution is -2.21. The molecule has 4 nitrogen and oxygen atoms in total. The summed E-state index contributed by atoms with van der Waals surface area (Å²) in [5, 5.41) is 6.13. The van der Waals surface area contributed by atoms with Crippen LogP contribution in [-0.4, -0.2) is 17.4 Å². The van der Waals surface area contributed by atoms with Gasteiger partial charge in [0.15, 0.2) is 0 Å². The number of amides is 1. The first kappa shape index (κ1) is 15.5. The number of rotatable bonds is 2. The molecular formula is C21H16N2O2S. The van der Waals surface area contributed by atoms with Gasteiger partial charge in [-0.1, -0.05) is 36.4 Å². The van der Waals surface area contributed by atoms with Gasteiger partial charge in [-0.3, -0.25) is 9.59 Å². The molecule has 0 saturated heterocycles. The largest absolute Gasteiger partial charge is 0.287 e. The minimum atomic E-state index is -0.243. The van der Waals surface area contributed by atoms with Gasteiger partial charge >= 0.3 is 0 Å². The van der Waals surface area contributed by atoms with Gasteiger partial charge in [-0.05, 0) is 42.7 Å². The first-order valence-corrected chi connectivity index (χ1v) is 9.60. The van der Waals surface area contributed by atoms with E-state index in [-0.39, 0.29) is 11.7 Å². The Morgan fingerprint density at radius 1 is 1.04 bits per heavy atom. The monoisotopic (exact) mass is 360 g/mol. The van der Waals surface area contributed by atoms with Gasteiger partial charge in [-0.15, -0.1) is 11.3 Å². The molecule has 0 spiro atoms. The van der Waals surface area contributed by atoms with Crippen molar-refractivity contribution in [1.82, 2.24) is 5.43 Å². The molecule has 1 amide bonds. The average molecular weight is 360 g/mol. The number of carbonyl (C=O) groups excluding carboxylic acids is 2. The Labute approximate surface area is 154 Å². The second kappa shape index (κ2) is 5.88. The van der Waals surface area contributed by atoms with Crippen molar-refractivity contribution in [1.29, 1.82) is 0 Å². The maximum atomic E-state index is 12.7. The standard InChI is InChI=1S/C21H16N2O2S/c24-20-15-9-4-7-12-6-3-8-14(18(12)15)19(20)22-23-21(25)17-11-13-5-1-2-10-16(13)26-17/h3-4,6-9,11H,1-2,5,10H2,(H,23,25). The molecule has 3 aromatic rings. The minimum absolute atomic E-state index is 0.137. The van der Waals surface area contributed by atoms with Crippen LogP contribution in [0.25, 0.3) is 10.8 Å². The Morgan fingerprint density at radius 3 is 2.62 bits per heavy atom. The van der Waals surface area contributed by atoms with E-state index in [1.165, 1.54) is 23.3 Å². The Hall–Kier alpha value is -2.79. The summed E-state index contributed by atoms with van der Waals surface area (Å²) in [6, 6.07) is 13.4. The van der Waals surface area contributed by atoms with Crippen LogP contribution >= 0.6 is 11.3 Å². The lowest BCUT2D eigenvalue weighted by molar-refractivity contribution is 0.0959. The summed E-state index contributed by atoms with van der Waals surface area (Å²) in [5.41, 5.74) is 5.63. The van der Waals surface area contributed by atoms with Crippen LogP contribution in [0.3, 0.4) is 0 Å². The molecule has 0 aliphatic heterocycles. The minimum Gasteiger partial charge on any atom is -0.287 e. The number of nitrogens with one attached hydrogen (secondary N) is 1. The Bertz CT molecular complexity index is 1080. The second-order valence-electron chi connectivity index (χ2n) is 6.71. The van der Waals surface area contributed by atoms with E-state index in [0.29, 0.717) is 16.2 Å². The summed E-state index contributed by atoms with van der Waals surface area (Å²) in [5.74, 6) is -0.379. The molecule has 2 aromatic carbocycles. The lowest BCUT2D eigenvalue weighted by Gasteiger charge is -2.08. The van der Waals surface area contributed by atoms with Crippen molar-refractivity contribution in [2.45, 2.75) is 25.7 Å². The normalized spacial score (nSPS) is 16.9. The van der Waals surface area contributed by atoms with Crippen LogP contribution in [-0.2, 0) is 12.8 Å². The summed E-state index contributed by atoms with van der Waals surface area (Å²) in [6.45, 7) is 0. The number of hydrogen-bond donors (Lipinski definition) is 1. The Balaban J connectivity index is 1.47. The van der Waals surface area contributed by atoms with E-state index < -0.39 is 0 Å². The number of fused-ring (bicyclic) bond motifs is 1. The summed E-state index contributed by atoms with van der Waals surface area (Å²) in [4.78, 5) is 27.2. The number of thiophene rings is 1. The van der Waals surface area contributed by atoms with Gasteiger partial charge in [0.2, 0.25) is 5.78 Å². The zero-order chi connectivity index (χ0) is 17.7. The van der Waals surface area contributed by atoms with Crippen LogP contribution in [0.1, 0.15) is 48.9 Å². The maximum Gasteiger partial charge on any atom is 0.281 e. The molecule has 5 heteroatoms. The third kappa shape index (κ3) is 2.31. The van der Waals surface area contributed by atoms with Crippen molar-refractivity contribution < 1.29 is 9.59 Å². The number of ketones is 1. The Morgan fingerprint density at radius 2 is 1.81 bits per heavy atom. The van der Waals surface area contributed by atoms with Crippen molar-refractivity contribution in [3.63, 3.8) is 0 Å². The number of nitrogens with zero attached hydrogens (tertiary/aromatic N) is 1. The van der Waals surface area contributed by atoms with Crippen LogP contribution in [0, 0.1) is 0 Å². The molecule has 0 atom stereocenters. The molecule has 128 valence electrons. The van der Waals surface area contributed by atoms with Crippen molar-refractivity contribution >= 4 is 39.5 Å². The average Bonchev–Trinajstić information content (AvgIpc) is 3.22. The summed E-state index contributed by atoms with van der Waals surface area (Å²) < 4.78 is 0. The van der Waals surface area contributed by atoms with Gasteiger partial charge in [0.1, 0.15) is 5.71 Å². The summed E-state index contributed by atoms with van der Waals surface area (Å²) >= 11 is 1.54. The van der Waals surface area contributed by atoms with E-state index in [2.05, 4.69) is 10.5 Å². The Kier molecular flexibility index (Phi) is 3.50. The van der Waals surface area contributed by atoms with Crippen molar-refractivity contribution in [3.05, 3.63) is 68.9 Å². The molecule has 1 N–H and O–H groups in total. The predicted molar refractivity (Wildman–Crippen MR) is 103 cm³/mol. The van der Waals surface area contributed by atoms with E-state index in [1.807, 2.05) is 42.5 Å². The first-order valence-electron chi connectivity index (χ1n) is 8.79. The van der Waals surface area contributed by atoms with Crippen LogP contribution in [0.15, 0.2) is 47.6 Å². The van der Waals surface area contributed by atoms with Gasteiger partial charge < -0.3 is 0 Å². The number of benzene rings is 2. The predicted octanol–water partition coefficient (Wildman–Crippen LogP) is 4.11. The molecule has 0 radical (unpaired) electrons. The molecule has 2 aliphatic carbocycles. The molecular weight excluding hydrogens is 344 g/mol. The van der Waals surface area contributed by atoms with E-state index in [9.17, 15) is 9.59 Å². The number of aryl methyl sites for hydroxylation is 2. The second-order valence-corrected chi connectivity index (χ2v) is 7.84. The fourth-order valence-corrected chi connectivity index (χ4v) is 5.00. The summed E-state index contributed by atoms with van der Waals surface area (Å²) in [7, 11) is 0. The van der Waals surface area contributed by atoms with Crippen molar-refractivity contribution in [2.75, 3.05) is 0 Å². The van der Waals surface area contributed by atoms with E-state index in [0.717, 1.165) is 29.2 Å². The quantitative estimate of drug-likeness (QED) is 0.699. The molecule has 0 saturated carbocycles. The topological polar surface area (TPSA) is 58.5 Å². The smallest absolute Gasteiger partial charge is 0.281 e. The third-order valence-electron chi connectivity index (χ3n) is 5.11. The van der Waals surface area contributed by atoms with Gasteiger partial charge in [0.05, 0.1) is 4.88 Å².